The number of nitrogens with two attached hydrogens (primary N) is 1. The zero-order valence-electron chi connectivity index (χ0n) is 15.9. The number of hydrogen-bond donors (Lipinski definition) is 1. The van der Waals surface area contributed by atoms with Gasteiger partial charge in [0.2, 0.25) is 0 Å². The van der Waals surface area contributed by atoms with Crippen LogP contribution >= 0.6 is 0 Å². The van der Waals surface area contributed by atoms with Crippen LogP contribution in [0.2, 0.25) is 0 Å². The standard InChI is InChI=1S/C19H26F2N2O4/c1-19(2,3)27-18(25)23-7-4-12(5-8-23)6-9-26-16-11-14(20)13(17(22)24)10-15(16)21/h10-12H,4-9H2,1-3H3,(H2,22,24). The molecule has 1 aromatic carbocycles. The van der Waals surface area contributed by atoms with Crippen LogP contribution in [0.4, 0.5) is 13.6 Å². The fraction of sp³-hybridized carbons (Fsp3) is 0.579. The van der Waals surface area contributed by atoms with Crippen molar-refractivity contribution in [2.75, 3.05) is 19.7 Å². The molecule has 0 aromatic heterocycles. The molecule has 150 valence electrons. The molecular formula is C19H26F2N2O4. The first-order chi connectivity index (χ1) is 12.6. The van der Waals surface area contributed by atoms with Gasteiger partial charge in [-0.3, -0.25) is 4.79 Å². The van der Waals surface area contributed by atoms with E-state index in [-0.39, 0.29) is 18.4 Å². The highest BCUT2D eigenvalue weighted by atomic mass is 19.1. The molecule has 1 fully saturated rings. The van der Waals surface area contributed by atoms with E-state index in [0.717, 1.165) is 25.0 Å². The van der Waals surface area contributed by atoms with Crippen molar-refractivity contribution < 1.29 is 27.8 Å². The number of benzene rings is 1. The molecule has 1 heterocycles. The Morgan fingerprint density at radius 3 is 2.37 bits per heavy atom. The summed E-state index contributed by atoms with van der Waals surface area (Å²) >= 11 is 0. The summed E-state index contributed by atoms with van der Waals surface area (Å²) in [5.74, 6) is -2.70. The van der Waals surface area contributed by atoms with Gasteiger partial charge in [0.15, 0.2) is 11.6 Å². The van der Waals surface area contributed by atoms with Crippen LogP contribution in [0.15, 0.2) is 12.1 Å². The van der Waals surface area contributed by atoms with E-state index >= 15 is 0 Å². The second-order valence-electron chi connectivity index (χ2n) is 7.67. The molecule has 2 rings (SSSR count). The summed E-state index contributed by atoms with van der Waals surface area (Å²) < 4.78 is 38.3. The number of halogens is 2. The average Bonchev–Trinajstić information content (AvgIpc) is 2.56. The third kappa shape index (κ3) is 6.08. The summed E-state index contributed by atoms with van der Waals surface area (Å²) in [6.07, 6.45) is 1.92. The van der Waals surface area contributed by atoms with Crippen LogP contribution in [0.5, 0.6) is 5.75 Å². The Hall–Kier alpha value is -2.38. The summed E-state index contributed by atoms with van der Waals surface area (Å²) in [5.41, 5.74) is 3.95. The van der Waals surface area contributed by atoms with E-state index in [9.17, 15) is 18.4 Å². The van der Waals surface area contributed by atoms with Crippen LogP contribution in [-0.4, -0.2) is 42.2 Å². The van der Waals surface area contributed by atoms with Gasteiger partial charge in [-0.05, 0) is 52.0 Å². The number of hydrogen-bond acceptors (Lipinski definition) is 4. The SMILES string of the molecule is CC(C)(C)OC(=O)N1CCC(CCOc2cc(F)c(C(N)=O)cc2F)CC1. The van der Waals surface area contributed by atoms with Crippen molar-refractivity contribution in [3.05, 3.63) is 29.3 Å². The van der Waals surface area contributed by atoms with E-state index < -0.39 is 28.7 Å². The topological polar surface area (TPSA) is 81.9 Å². The third-order valence-electron chi connectivity index (χ3n) is 4.34. The summed E-state index contributed by atoms with van der Waals surface area (Å²) in [5, 5.41) is 0. The van der Waals surface area contributed by atoms with Crippen LogP contribution < -0.4 is 10.5 Å². The minimum atomic E-state index is -1.03. The van der Waals surface area contributed by atoms with Crippen LogP contribution in [0, 0.1) is 17.6 Å². The molecule has 6 nitrogen and oxygen atoms in total. The Kier molecular flexibility index (Phi) is 6.62. The lowest BCUT2D eigenvalue weighted by Gasteiger charge is -2.33. The number of piperidine rings is 1. The van der Waals surface area contributed by atoms with Crippen LogP contribution in [0.3, 0.4) is 0 Å². The molecule has 8 heteroatoms. The lowest BCUT2D eigenvalue weighted by molar-refractivity contribution is 0.0177. The Labute approximate surface area is 157 Å². The Morgan fingerprint density at radius 1 is 1.19 bits per heavy atom. The molecule has 1 saturated heterocycles. The lowest BCUT2D eigenvalue weighted by atomic mass is 9.94. The molecule has 0 atom stereocenters. The predicted octanol–water partition coefficient (Wildman–Crippen LogP) is 3.48. The van der Waals surface area contributed by atoms with E-state index in [1.807, 2.05) is 20.8 Å². The maximum absolute atomic E-state index is 13.9. The molecule has 2 N–H and O–H groups in total. The normalized spacial score (nSPS) is 15.5. The number of carbonyl (C=O) groups excluding carboxylic acids is 2. The summed E-state index contributed by atoms with van der Waals surface area (Å²) in [6, 6.07) is 1.58. The van der Waals surface area contributed by atoms with Crippen molar-refractivity contribution in [2.45, 2.75) is 45.6 Å². The van der Waals surface area contributed by atoms with Gasteiger partial charge in [-0.15, -0.1) is 0 Å². The van der Waals surface area contributed by atoms with Crippen molar-refractivity contribution in [2.24, 2.45) is 11.7 Å². The van der Waals surface area contributed by atoms with E-state index in [4.69, 9.17) is 15.2 Å². The molecule has 1 aliphatic rings. The monoisotopic (exact) mass is 384 g/mol. The summed E-state index contributed by atoms with van der Waals surface area (Å²) in [7, 11) is 0. The van der Waals surface area contributed by atoms with Crippen molar-refractivity contribution >= 4 is 12.0 Å². The fourth-order valence-corrected chi connectivity index (χ4v) is 2.89. The summed E-state index contributed by atoms with van der Waals surface area (Å²) in [4.78, 5) is 24.7. The highest BCUT2D eigenvalue weighted by Gasteiger charge is 2.26. The first-order valence-corrected chi connectivity index (χ1v) is 8.96. The van der Waals surface area contributed by atoms with Gasteiger partial charge in [-0.25, -0.2) is 13.6 Å². The molecule has 0 bridgehead atoms. The first kappa shape index (κ1) is 20.9. The first-order valence-electron chi connectivity index (χ1n) is 8.96. The average molecular weight is 384 g/mol. The van der Waals surface area contributed by atoms with Gasteiger partial charge in [0.05, 0.1) is 12.2 Å². The number of primary amides is 1. The number of likely N-dealkylation sites (tertiary alicyclic amines) is 1. The predicted molar refractivity (Wildman–Crippen MR) is 95.5 cm³/mol. The lowest BCUT2D eigenvalue weighted by Crippen LogP contribution is -2.41. The number of ether oxygens (including phenoxy) is 2. The molecule has 0 saturated carbocycles. The van der Waals surface area contributed by atoms with Crippen LogP contribution in [-0.2, 0) is 4.74 Å². The molecule has 1 aromatic rings. The van der Waals surface area contributed by atoms with Gasteiger partial charge in [0, 0.05) is 19.2 Å². The Bertz CT molecular complexity index is 696. The van der Waals surface area contributed by atoms with Crippen molar-refractivity contribution in [1.82, 2.24) is 4.90 Å². The van der Waals surface area contributed by atoms with Crippen molar-refractivity contribution in [1.29, 1.82) is 0 Å². The number of carbonyl (C=O) groups is 2. The molecule has 0 spiro atoms. The maximum atomic E-state index is 13.9. The highest BCUT2D eigenvalue weighted by Crippen LogP contribution is 2.25. The number of nitrogens with zero attached hydrogens (tertiary/aromatic N) is 1. The number of rotatable bonds is 5. The summed E-state index contributed by atoms with van der Waals surface area (Å²) in [6.45, 7) is 6.88. The largest absolute Gasteiger partial charge is 0.490 e. The minimum absolute atomic E-state index is 0.212. The van der Waals surface area contributed by atoms with E-state index in [1.165, 1.54) is 0 Å². The molecule has 27 heavy (non-hydrogen) atoms. The van der Waals surface area contributed by atoms with Crippen molar-refractivity contribution in [3.8, 4) is 5.75 Å². The minimum Gasteiger partial charge on any atom is -0.490 e. The van der Waals surface area contributed by atoms with Gasteiger partial charge in [-0.1, -0.05) is 0 Å². The fourth-order valence-electron chi connectivity index (χ4n) is 2.89. The molecule has 0 unspecified atom stereocenters. The van der Waals surface area contributed by atoms with Gasteiger partial charge >= 0.3 is 6.09 Å². The van der Waals surface area contributed by atoms with E-state index in [2.05, 4.69) is 0 Å². The smallest absolute Gasteiger partial charge is 0.410 e. The second-order valence-corrected chi connectivity index (χ2v) is 7.67. The van der Waals surface area contributed by atoms with Gasteiger partial charge in [0.25, 0.3) is 5.91 Å². The molecule has 2 amide bonds. The molecular weight excluding hydrogens is 358 g/mol. The molecule has 0 aliphatic carbocycles. The van der Waals surface area contributed by atoms with E-state index in [1.54, 1.807) is 4.90 Å². The zero-order valence-corrected chi connectivity index (χ0v) is 15.9. The van der Waals surface area contributed by atoms with Crippen LogP contribution in [0.1, 0.15) is 50.4 Å². The molecule has 0 radical (unpaired) electrons. The second kappa shape index (κ2) is 8.54. The highest BCUT2D eigenvalue weighted by molar-refractivity contribution is 5.93. The van der Waals surface area contributed by atoms with Gasteiger partial charge < -0.3 is 20.1 Å². The van der Waals surface area contributed by atoms with Gasteiger partial charge in [0.1, 0.15) is 11.4 Å². The number of amides is 2. The quantitative estimate of drug-likeness (QED) is 0.843. The van der Waals surface area contributed by atoms with Crippen LogP contribution in [0.25, 0.3) is 0 Å². The zero-order chi connectivity index (χ0) is 20.2. The van der Waals surface area contributed by atoms with Crippen molar-refractivity contribution in [3.63, 3.8) is 0 Å². The Balaban J connectivity index is 1.79. The third-order valence-corrected chi connectivity index (χ3v) is 4.34. The Morgan fingerprint density at radius 2 is 1.81 bits per heavy atom. The van der Waals surface area contributed by atoms with E-state index in [0.29, 0.717) is 25.4 Å². The molecule has 1 aliphatic heterocycles. The maximum Gasteiger partial charge on any atom is 0.410 e. The van der Waals surface area contributed by atoms with Gasteiger partial charge in [-0.2, -0.15) is 0 Å².